The molecule has 0 fully saturated rings. The quantitative estimate of drug-likeness (QED) is 0.670. The van der Waals surface area contributed by atoms with Crippen molar-refractivity contribution in [2.45, 2.75) is 6.92 Å². The number of rotatable bonds is 6. The minimum atomic E-state index is -0.304. The Balaban J connectivity index is 1.43. The van der Waals surface area contributed by atoms with E-state index in [0.29, 0.717) is 29.5 Å². The summed E-state index contributed by atoms with van der Waals surface area (Å²) in [5.41, 5.74) is 2.51. The number of nitrogens with one attached hydrogen (secondary N) is 2. The first kappa shape index (κ1) is 17.7. The lowest BCUT2D eigenvalue weighted by molar-refractivity contribution is 0.102. The van der Waals surface area contributed by atoms with Crippen LogP contribution >= 0.6 is 0 Å². The number of pyridine rings is 1. The minimum Gasteiger partial charge on any atom is -0.492 e. The van der Waals surface area contributed by atoms with Gasteiger partial charge in [0.05, 0.1) is 24.2 Å². The van der Waals surface area contributed by atoms with Gasteiger partial charge in [-0.15, -0.1) is 0 Å². The number of amides is 1. The van der Waals surface area contributed by atoms with Crippen LogP contribution in [0.2, 0.25) is 0 Å². The normalized spacial score (nSPS) is 11.8. The zero-order valence-electron chi connectivity index (χ0n) is 15.3. The standard InChI is InChI=1S/C21H19N3O4/c1-2-26-18-6-4-3-5-16(18)24-21(25)17-9-7-15(12-22-17)23-14-8-10-19-20(11-14)28-13-27-19/h3-12,23H,2,13H2,1H3,(H,24,25). The molecule has 0 spiro atoms. The summed E-state index contributed by atoms with van der Waals surface area (Å²) in [5.74, 6) is 1.74. The second kappa shape index (κ2) is 7.87. The molecule has 1 aliphatic heterocycles. The first-order valence-corrected chi connectivity index (χ1v) is 8.89. The van der Waals surface area contributed by atoms with Gasteiger partial charge in [0.1, 0.15) is 11.4 Å². The molecule has 2 heterocycles. The lowest BCUT2D eigenvalue weighted by Crippen LogP contribution is -2.14. The van der Waals surface area contributed by atoms with Gasteiger partial charge >= 0.3 is 0 Å². The number of nitrogens with zero attached hydrogens (tertiary/aromatic N) is 1. The maximum atomic E-state index is 12.5. The van der Waals surface area contributed by atoms with Crippen LogP contribution in [0.1, 0.15) is 17.4 Å². The van der Waals surface area contributed by atoms with Gasteiger partial charge < -0.3 is 24.8 Å². The number of hydrogen-bond donors (Lipinski definition) is 2. The van der Waals surface area contributed by atoms with Gasteiger partial charge in [-0.3, -0.25) is 4.79 Å². The monoisotopic (exact) mass is 377 g/mol. The fraction of sp³-hybridized carbons (Fsp3) is 0.143. The topological polar surface area (TPSA) is 81.7 Å². The van der Waals surface area contributed by atoms with Gasteiger partial charge in [-0.2, -0.15) is 0 Å². The number of aromatic nitrogens is 1. The molecule has 28 heavy (non-hydrogen) atoms. The molecule has 0 radical (unpaired) electrons. The van der Waals surface area contributed by atoms with Crippen LogP contribution in [-0.2, 0) is 0 Å². The maximum Gasteiger partial charge on any atom is 0.274 e. The highest BCUT2D eigenvalue weighted by molar-refractivity contribution is 6.03. The third kappa shape index (κ3) is 3.83. The van der Waals surface area contributed by atoms with Crippen molar-refractivity contribution in [2.75, 3.05) is 24.0 Å². The average Bonchev–Trinajstić information content (AvgIpc) is 3.18. The third-order valence-electron chi connectivity index (χ3n) is 4.09. The smallest absolute Gasteiger partial charge is 0.274 e. The van der Waals surface area contributed by atoms with E-state index in [1.165, 1.54) is 0 Å². The number of anilines is 3. The molecule has 0 aliphatic carbocycles. The molecule has 3 aromatic rings. The number of carbonyl (C=O) groups excluding carboxylic acids is 1. The molecular weight excluding hydrogens is 358 g/mol. The summed E-state index contributed by atoms with van der Waals surface area (Å²) in [5, 5.41) is 6.06. The minimum absolute atomic E-state index is 0.233. The van der Waals surface area contributed by atoms with Crippen molar-refractivity contribution in [1.29, 1.82) is 0 Å². The van der Waals surface area contributed by atoms with Crippen LogP contribution in [0.3, 0.4) is 0 Å². The van der Waals surface area contributed by atoms with Crippen molar-refractivity contribution >= 4 is 23.0 Å². The van der Waals surface area contributed by atoms with Gasteiger partial charge in [0, 0.05) is 11.8 Å². The molecule has 0 unspecified atom stereocenters. The lowest BCUT2D eigenvalue weighted by Gasteiger charge is -2.11. The second-order valence-corrected chi connectivity index (χ2v) is 6.01. The summed E-state index contributed by atoms with van der Waals surface area (Å²) in [6.45, 7) is 2.65. The van der Waals surface area contributed by atoms with E-state index in [0.717, 1.165) is 17.1 Å². The van der Waals surface area contributed by atoms with Gasteiger partial charge in [0.25, 0.3) is 5.91 Å². The number of benzene rings is 2. The zero-order valence-corrected chi connectivity index (χ0v) is 15.3. The van der Waals surface area contributed by atoms with Gasteiger partial charge in [0.2, 0.25) is 6.79 Å². The molecule has 0 saturated heterocycles. The fourth-order valence-corrected chi connectivity index (χ4v) is 2.78. The Labute approximate surface area is 162 Å². The molecule has 142 valence electrons. The Kier molecular flexibility index (Phi) is 4.97. The fourth-order valence-electron chi connectivity index (χ4n) is 2.78. The Bertz CT molecular complexity index is 989. The van der Waals surface area contributed by atoms with Gasteiger partial charge in [-0.25, -0.2) is 4.98 Å². The maximum absolute atomic E-state index is 12.5. The number of para-hydroxylation sites is 2. The van der Waals surface area contributed by atoms with Gasteiger partial charge in [-0.05, 0) is 43.3 Å². The van der Waals surface area contributed by atoms with Crippen LogP contribution in [-0.4, -0.2) is 24.3 Å². The van der Waals surface area contributed by atoms with E-state index >= 15 is 0 Å². The summed E-state index contributed by atoms with van der Waals surface area (Å²) in [4.78, 5) is 16.7. The largest absolute Gasteiger partial charge is 0.492 e. The van der Waals surface area contributed by atoms with Crippen molar-refractivity contribution in [3.63, 3.8) is 0 Å². The van der Waals surface area contributed by atoms with E-state index in [9.17, 15) is 4.79 Å². The Morgan fingerprint density at radius 1 is 1.07 bits per heavy atom. The Morgan fingerprint density at radius 3 is 2.71 bits per heavy atom. The van der Waals surface area contributed by atoms with Gasteiger partial charge in [0.15, 0.2) is 11.5 Å². The van der Waals surface area contributed by atoms with Crippen molar-refractivity contribution in [3.8, 4) is 17.2 Å². The first-order chi connectivity index (χ1) is 13.7. The number of carbonyl (C=O) groups is 1. The van der Waals surface area contributed by atoms with Crippen LogP contribution in [0, 0.1) is 0 Å². The van der Waals surface area contributed by atoms with E-state index < -0.39 is 0 Å². The molecular formula is C21H19N3O4. The molecule has 1 amide bonds. The van der Waals surface area contributed by atoms with E-state index in [-0.39, 0.29) is 12.7 Å². The molecule has 4 rings (SSSR count). The van der Waals surface area contributed by atoms with E-state index in [1.807, 2.05) is 43.3 Å². The summed E-state index contributed by atoms with van der Waals surface area (Å²) in [7, 11) is 0. The van der Waals surface area contributed by atoms with Gasteiger partial charge in [-0.1, -0.05) is 12.1 Å². The highest BCUT2D eigenvalue weighted by Gasteiger charge is 2.14. The molecule has 7 heteroatoms. The first-order valence-electron chi connectivity index (χ1n) is 8.89. The second-order valence-electron chi connectivity index (χ2n) is 6.01. The molecule has 7 nitrogen and oxygen atoms in total. The van der Waals surface area contributed by atoms with E-state index in [2.05, 4.69) is 15.6 Å². The number of fused-ring (bicyclic) bond motifs is 1. The number of ether oxygens (including phenoxy) is 3. The van der Waals surface area contributed by atoms with Crippen LogP contribution in [0.5, 0.6) is 17.2 Å². The van der Waals surface area contributed by atoms with Crippen molar-refractivity contribution in [3.05, 3.63) is 66.5 Å². The molecule has 2 aromatic carbocycles. The zero-order chi connectivity index (χ0) is 19.3. The number of hydrogen-bond acceptors (Lipinski definition) is 6. The van der Waals surface area contributed by atoms with Crippen molar-refractivity contribution < 1.29 is 19.0 Å². The lowest BCUT2D eigenvalue weighted by atomic mass is 10.2. The molecule has 0 saturated carbocycles. The van der Waals surface area contributed by atoms with Crippen LogP contribution in [0.25, 0.3) is 0 Å². The molecule has 0 bridgehead atoms. The summed E-state index contributed by atoms with van der Waals surface area (Å²) >= 11 is 0. The van der Waals surface area contributed by atoms with Crippen molar-refractivity contribution in [1.82, 2.24) is 4.98 Å². The predicted molar refractivity (Wildman–Crippen MR) is 106 cm³/mol. The Morgan fingerprint density at radius 2 is 1.89 bits per heavy atom. The summed E-state index contributed by atoms with van der Waals surface area (Å²) in [6, 6.07) is 16.3. The van der Waals surface area contributed by atoms with Crippen molar-refractivity contribution in [2.24, 2.45) is 0 Å². The van der Waals surface area contributed by atoms with Crippen LogP contribution < -0.4 is 24.8 Å². The molecule has 1 aliphatic rings. The Hall–Kier alpha value is -3.74. The highest BCUT2D eigenvalue weighted by atomic mass is 16.7. The van der Waals surface area contributed by atoms with Crippen LogP contribution in [0.15, 0.2) is 60.8 Å². The summed E-state index contributed by atoms with van der Waals surface area (Å²) in [6.07, 6.45) is 1.61. The molecule has 0 atom stereocenters. The molecule has 2 N–H and O–H groups in total. The predicted octanol–water partition coefficient (Wildman–Crippen LogP) is 4.20. The molecule has 1 aromatic heterocycles. The van der Waals surface area contributed by atoms with E-state index in [4.69, 9.17) is 14.2 Å². The highest BCUT2D eigenvalue weighted by Crippen LogP contribution is 2.35. The average molecular weight is 377 g/mol. The SMILES string of the molecule is CCOc1ccccc1NC(=O)c1ccc(Nc2ccc3c(c2)OCO3)cn1. The third-order valence-corrected chi connectivity index (χ3v) is 4.09. The van der Waals surface area contributed by atoms with Crippen LogP contribution in [0.4, 0.5) is 17.1 Å². The summed E-state index contributed by atoms with van der Waals surface area (Å²) < 4.78 is 16.2. The van der Waals surface area contributed by atoms with E-state index in [1.54, 1.807) is 24.4 Å².